The highest BCUT2D eigenvalue weighted by Crippen LogP contribution is 2.34. The van der Waals surface area contributed by atoms with Gasteiger partial charge in [-0.3, -0.25) is 5.01 Å². The van der Waals surface area contributed by atoms with Crippen molar-refractivity contribution < 1.29 is 0 Å². The summed E-state index contributed by atoms with van der Waals surface area (Å²) < 4.78 is 0. The van der Waals surface area contributed by atoms with E-state index in [0.29, 0.717) is 0 Å². The minimum Gasteiger partial charge on any atom is -0.257 e. The molecule has 1 aliphatic rings. The molecule has 0 fully saturated rings. The Balaban J connectivity index is 1.67. The summed E-state index contributed by atoms with van der Waals surface area (Å²) in [6.07, 6.45) is 0.818. The van der Waals surface area contributed by atoms with Gasteiger partial charge in [0.2, 0.25) is 0 Å². The molecule has 4 rings (SSSR count). The molecule has 1 atom stereocenters. The van der Waals surface area contributed by atoms with Crippen LogP contribution in [-0.4, -0.2) is 5.71 Å². The molecular formula is C23H18N2. The average molecular weight is 322 g/mol. The van der Waals surface area contributed by atoms with Crippen LogP contribution in [0.4, 0.5) is 5.69 Å². The van der Waals surface area contributed by atoms with Crippen LogP contribution in [0.5, 0.6) is 0 Å². The van der Waals surface area contributed by atoms with E-state index in [4.69, 9.17) is 5.10 Å². The maximum Gasteiger partial charge on any atom is 0.113 e. The van der Waals surface area contributed by atoms with Gasteiger partial charge >= 0.3 is 0 Å². The van der Waals surface area contributed by atoms with Crippen molar-refractivity contribution in [1.82, 2.24) is 0 Å². The smallest absolute Gasteiger partial charge is 0.113 e. The Bertz CT molecular complexity index is 919. The molecule has 1 unspecified atom stereocenters. The van der Waals surface area contributed by atoms with Crippen LogP contribution in [0.25, 0.3) is 0 Å². The molecule has 25 heavy (non-hydrogen) atoms. The quantitative estimate of drug-likeness (QED) is 0.603. The minimum atomic E-state index is 0.184. The van der Waals surface area contributed by atoms with Gasteiger partial charge in [0, 0.05) is 12.0 Å². The summed E-state index contributed by atoms with van der Waals surface area (Å²) >= 11 is 0. The van der Waals surface area contributed by atoms with Crippen LogP contribution in [0.2, 0.25) is 0 Å². The highest BCUT2D eigenvalue weighted by Gasteiger charge is 2.28. The van der Waals surface area contributed by atoms with Crippen molar-refractivity contribution in [3.8, 4) is 11.8 Å². The fraction of sp³-hybridized carbons (Fsp3) is 0.0870. The lowest BCUT2D eigenvalue weighted by Gasteiger charge is -2.23. The SMILES string of the molecule is C(#Cc1ccccc1)C1=NN(c2ccccc2)C(c2ccccc2)C1. The predicted octanol–water partition coefficient (Wildman–Crippen LogP) is 5.05. The second-order valence-corrected chi connectivity index (χ2v) is 5.97. The van der Waals surface area contributed by atoms with E-state index in [1.54, 1.807) is 0 Å². The number of hydrogen-bond donors (Lipinski definition) is 0. The van der Waals surface area contributed by atoms with Crippen molar-refractivity contribution >= 4 is 11.4 Å². The van der Waals surface area contributed by atoms with Gasteiger partial charge in [-0.15, -0.1) is 0 Å². The van der Waals surface area contributed by atoms with Crippen molar-refractivity contribution in [3.05, 3.63) is 102 Å². The lowest BCUT2D eigenvalue weighted by Crippen LogP contribution is -2.18. The zero-order valence-corrected chi connectivity index (χ0v) is 13.8. The molecule has 0 N–H and O–H groups in total. The number of benzene rings is 3. The first kappa shape index (κ1) is 15.2. The van der Waals surface area contributed by atoms with Crippen molar-refractivity contribution in [3.63, 3.8) is 0 Å². The second kappa shape index (κ2) is 7.07. The van der Waals surface area contributed by atoms with E-state index in [-0.39, 0.29) is 6.04 Å². The molecule has 120 valence electrons. The zero-order valence-electron chi connectivity index (χ0n) is 13.8. The van der Waals surface area contributed by atoms with Crippen LogP contribution in [-0.2, 0) is 0 Å². The lowest BCUT2D eigenvalue weighted by molar-refractivity contribution is 0.709. The van der Waals surface area contributed by atoms with E-state index in [1.807, 2.05) is 54.6 Å². The lowest BCUT2D eigenvalue weighted by atomic mass is 10.0. The number of anilines is 1. The highest BCUT2D eigenvalue weighted by atomic mass is 15.5. The van der Waals surface area contributed by atoms with Gasteiger partial charge < -0.3 is 0 Å². The molecule has 3 aromatic rings. The molecule has 0 saturated carbocycles. The molecule has 1 heterocycles. The van der Waals surface area contributed by atoms with Gasteiger partial charge in [-0.05, 0) is 35.7 Å². The van der Waals surface area contributed by atoms with Gasteiger partial charge in [0.15, 0.2) is 0 Å². The number of hydrazone groups is 1. The summed E-state index contributed by atoms with van der Waals surface area (Å²) in [5.74, 6) is 6.48. The molecule has 0 saturated heterocycles. The summed E-state index contributed by atoms with van der Waals surface area (Å²) in [7, 11) is 0. The molecule has 2 nitrogen and oxygen atoms in total. The molecule has 1 aliphatic heterocycles. The molecule has 0 aromatic heterocycles. The van der Waals surface area contributed by atoms with Crippen LogP contribution in [0, 0.1) is 11.8 Å². The number of nitrogens with zero attached hydrogens (tertiary/aromatic N) is 2. The Morgan fingerprint density at radius 1 is 0.720 bits per heavy atom. The fourth-order valence-electron chi connectivity index (χ4n) is 3.00. The Labute approximate surface area is 148 Å². The van der Waals surface area contributed by atoms with Gasteiger partial charge in [0.25, 0.3) is 0 Å². The van der Waals surface area contributed by atoms with E-state index in [9.17, 15) is 0 Å². The van der Waals surface area contributed by atoms with Crippen molar-refractivity contribution in [2.75, 3.05) is 5.01 Å². The van der Waals surface area contributed by atoms with Gasteiger partial charge in [0.1, 0.15) is 5.71 Å². The largest absolute Gasteiger partial charge is 0.257 e. The Morgan fingerprint density at radius 3 is 2.00 bits per heavy atom. The van der Waals surface area contributed by atoms with E-state index >= 15 is 0 Å². The average Bonchev–Trinajstić information content (AvgIpc) is 3.13. The maximum absolute atomic E-state index is 4.81. The third-order valence-corrected chi connectivity index (χ3v) is 4.24. The van der Waals surface area contributed by atoms with Crippen molar-refractivity contribution in [2.45, 2.75) is 12.5 Å². The summed E-state index contributed by atoms with van der Waals surface area (Å²) in [6.45, 7) is 0. The molecular weight excluding hydrogens is 304 g/mol. The molecule has 0 radical (unpaired) electrons. The molecule has 0 spiro atoms. The molecule has 0 amide bonds. The number of rotatable bonds is 2. The Hall–Kier alpha value is -3.31. The summed E-state index contributed by atoms with van der Waals surface area (Å²) in [5, 5.41) is 6.90. The van der Waals surface area contributed by atoms with E-state index in [0.717, 1.165) is 23.4 Å². The number of para-hydroxylation sites is 1. The van der Waals surface area contributed by atoms with Crippen LogP contribution in [0.1, 0.15) is 23.6 Å². The first-order chi connectivity index (χ1) is 12.4. The highest BCUT2D eigenvalue weighted by molar-refractivity contribution is 6.03. The normalized spacial score (nSPS) is 16.1. The summed E-state index contributed by atoms with van der Waals surface area (Å²) in [5.41, 5.74) is 4.28. The molecule has 2 heteroatoms. The van der Waals surface area contributed by atoms with Gasteiger partial charge in [0.05, 0.1) is 11.7 Å². The third kappa shape index (κ3) is 3.46. The first-order valence-corrected chi connectivity index (χ1v) is 8.44. The molecule has 0 bridgehead atoms. The van der Waals surface area contributed by atoms with Crippen molar-refractivity contribution in [1.29, 1.82) is 0 Å². The number of hydrogen-bond acceptors (Lipinski definition) is 2. The monoisotopic (exact) mass is 322 g/mol. The zero-order chi connectivity index (χ0) is 16.9. The Morgan fingerprint density at radius 2 is 1.32 bits per heavy atom. The third-order valence-electron chi connectivity index (χ3n) is 4.24. The van der Waals surface area contributed by atoms with Gasteiger partial charge in [-0.25, -0.2) is 0 Å². The van der Waals surface area contributed by atoms with Gasteiger partial charge in [-0.2, -0.15) is 5.10 Å². The van der Waals surface area contributed by atoms with Gasteiger partial charge in [-0.1, -0.05) is 72.7 Å². The van der Waals surface area contributed by atoms with Crippen LogP contribution in [0.15, 0.2) is 96.1 Å². The van der Waals surface area contributed by atoms with Crippen LogP contribution in [0.3, 0.4) is 0 Å². The summed E-state index contributed by atoms with van der Waals surface area (Å²) in [4.78, 5) is 0. The van der Waals surface area contributed by atoms with E-state index in [2.05, 4.69) is 53.2 Å². The Kier molecular flexibility index (Phi) is 4.31. The second-order valence-electron chi connectivity index (χ2n) is 5.97. The van der Waals surface area contributed by atoms with Crippen LogP contribution >= 0.6 is 0 Å². The topological polar surface area (TPSA) is 15.6 Å². The molecule has 3 aromatic carbocycles. The minimum absolute atomic E-state index is 0.184. The van der Waals surface area contributed by atoms with Crippen LogP contribution < -0.4 is 5.01 Å². The maximum atomic E-state index is 4.81. The summed E-state index contributed by atoms with van der Waals surface area (Å²) in [6, 6.07) is 31.0. The fourth-order valence-corrected chi connectivity index (χ4v) is 3.00. The standard InChI is InChI=1S/C23H18N2/c1-4-10-19(11-5-1)16-17-21-18-23(20-12-6-2-7-13-20)25(24-21)22-14-8-3-9-15-22/h1-15,23H,18H2. The molecule has 0 aliphatic carbocycles. The first-order valence-electron chi connectivity index (χ1n) is 8.44. The predicted molar refractivity (Wildman–Crippen MR) is 103 cm³/mol. The van der Waals surface area contributed by atoms with E-state index in [1.165, 1.54) is 5.56 Å². The van der Waals surface area contributed by atoms with E-state index < -0.39 is 0 Å². The van der Waals surface area contributed by atoms with Crippen molar-refractivity contribution in [2.24, 2.45) is 5.10 Å².